The van der Waals surface area contributed by atoms with Gasteiger partial charge in [0.15, 0.2) is 3.77 Å². The van der Waals surface area contributed by atoms with E-state index >= 15 is 0 Å². The van der Waals surface area contributed by atoms with Crippen molar-refractivity contribution in [3.8, 4) is 0 Å². The van der Waals surface area contributed by atoms with Crippen molar-refractivity contribution in [1.82, 2.24) is 5.32 Å². The molecule has 1 rings (SSSR count). The van der Waals surface area contributed by atoms with Crippen molar-refractivity contribution in [2.45, 2.75) is 6.92 Å². The smallest absolute Gasteiger partial charge is 0.352 e. The molecule has 0 unspecified atom stereocenters. The Morgan fingerprint density at radius 2 is 2.20 bits per heavy atom. The second kappa shape index (κ2) is 4.96. The first-order valence-electron chi connectivity index (χ1n) is 3.97. The van der Waals surface area contributed by atoms with Crippen molar-refractivity contribution in [2.24, 2.45) is 0 Å². The molecule has 0 saturated heterocycles. The van der Waals surface area contributed by atoms with Gasteiger partial charge in [0.2, 0.25) is 5.91 Å². The lowest BCUT2D eigenvalue weighted by molar-refractivity contribution is -0.134. The van der Waals surface area contributed by atoms with Crippen molar-refractivity contribution in [1.29, 1.82) is 0 Å². The lowest BCUT2D eigenvalue weighted by atomic mass is 10.3. The van der Waals surface area contributed by atoms with Crippen LogP contribution in [0.15, 0.2) is 22.2 Å². The average Bonchev–Trinajstić information content (AvgIpc) is 2.49. The van der Waals surface area contributed by atoms with E-state index in [1.807, 2.05) is 22.6 Å². The van der Waals surface area contributed by atoms with Crippen LogP contribution in [0.3, 0.4) is 0 Å². The fraction of sp³-hybridized carbons (Fsp3) is 0.111. The number of amides is 1. The zero-order chi connectivity index (χ0) is 11.4. The minimum absolute atomic E-state index is 0.215. The Labute approximate surface area is 99.3 Å². The molecule has 0 radical (unpaired) electrons. The van der Waals surface area contributed by atoms with Gasteiger partial charge >= 0.3 is 5.97 Å². The molecule has 1 aromatic heterocycles. The molecule has 1 aromatic rings. The van der Waals surface area contributed by atoms with E-state index in [4.69, 9.17) is 9.52 Å². The Bertz CT molecular complexity index is 422. The van der Waals surface area contributed by atoms with Crippen molar-refractivity contribution < 1.29 is 19.1 Å². The molecule has 1 heterocycles. The van der Waals surface area contributed by atoms with Gasteiger partial charge in [-0.15, -0.1) is 0 Å². The Hall–Kier alpha value is -1.31. The summed E-state index contributed by atoms with van der Waals surface area (Å²) in [6.07, 6.45) is 1.26. The molecule has 0 aromatic carbocycles. The first-order chi connectivity index (χ1) is 6.99. The van der Waals surface area contributed by atoms with Crippen LogP contribution in [0.25, 0.3) is 6.08 Å². The Kier molecular flexibility index (Phi) is 3.89. The van der Waals surface area contributed by atoms with Crippen LogP contribution in [0, 0.1) is 3.77 Å². The van der Waals surface area contributed by atoms with Gasteiger partial charge in [0.25, 0.3) is 0 Å². The highest BCUT2D eigenvalue weighted by molar-refractivity contribution is 14.1. The lowest BCUT2D eigenvalue weighted by Crippen LogP contribution is -2.24. The maximum absolute atomic E-state index is 10.7. The van der Waals surface area contributed by atoms with Crippen molar-refractivity contribution >= 4 is 40.5 Å². The molecule has 0 bridgehead atoms. The van der Waals surface area contributed by atoms with E-state index in [1.165, 1.54) is 13.0 Å². The highest BCUT2D eigenvalue weighted by Gasteiger charge is 2.09. The summed E-state index contributed by atoms with van der Waals surface area (Å²) in [6, 6.07) is 3.31. The number of hydrogen-bond acceptors (Lipinski definition) is 3. The number of rotatable bonds is 3. The number of carbonyl (C=O) groups is 2. The zero-order valence-corrected chi connectivity index (χ0v) is 9.94. The van der Waals surface area contributed by atoms with Crippen molar-refractivity contribution in [2.75, 3.05) is 0 Å². The van der Waals surface area contributed by atoms with Crippen molar-refractivity contribution in [3.05, 3.63) is 27.4 Å². The number of halogens is 1. The van der Waals surface area contributed by atoms with Gasteiger partial charge in [-0.25, -0.2) is 4.79 Å². The van der Waals surface area contributed by atoms with E-state index in [0.29, 0.717) is 9.53 Å². The molecule has 0 saturated carbocycles. The van der Waals surface area contributed by atoms with Crippen LogP contribution < -0.4 is 5.32 Å². The molecule has 0 spiro atoms. The standard InChI is InChI=1S/C9H8INO4/c1-5(12)11-7(9(13)14)4-6-2-3-8(10)15-6/h2-4H,1H3,(H,11,12)(H,13,14)/b7-4+. The number of carboxylic acid groups (broad SMARTS) is 1. The van der Waals surface area contributed by atoms with Crippen molar-refractivity contribution in [3.63, 3.8) is 0 Å². The monoisotopic (exact) mass is 321 g/mol. The first kappa shape index (κ1) is 11.8. The largest absolute Gasteiger partial charge is 0.477 e. The summed E-state index contributed by atoms with van der Waals surface area (Å²) in [5.74, 6) is -1.27. The second-order valence-electron chi connectivity index (χ2n) is 2.69. The lowest BCUT2D eigenvalue weighted by Gasteiger charge is -2.00. The average molecular weight is 321 g/mol. The third kappa shape index (κ3) is 3.74. The van der Waals surface area contributed by atoms with Crippen LogP contribution in [-0.2, 0) is 9.59 Å². The van der Waals surface area contributed by atoms with Gasteiger partial charge in [0, 0.05) is 13.0 Å². The van der Waals surface area contributed by atoms with E-state index in [2.05, 4.69) is 5.32 Å². The summed E-state index contributed by atoms with van der Waals surface area (Å²) in [4.78, 5) is 21.4. The van der Waals surface area contributed by atoms with Gasteiger partial charge in [-0.05, 0) is 34.7 Å². The fourth-order valence-corrected chi connectivity index (χ4v) is 1.32. The van der Waals surface area contributed by atoms with E-state index in [0.717, 1.165) is 0 Å². The Morgan fingerprint density at radius 1 is 1.53 bits per heavy atom. The first-order valence-corrected chi connectivity index (χ1v) is 5.05. The maximum atomic E-state index is 10.7. The molecule has 5 nitrogen and oxygen atoms in total. The number of carbonyl (C=O) groups excluding carboxylic acids is 1. The summed E-state index contributed by atoms with van der Waals surface area (Å²) >= 11 is 1.96. The fourth-order valence-electron chi connectivity index (χ4n) is 0.889. The topological polar surface area (TPSA) is 79.5 Å². The number of furan rings is 1. The van der Waals surface area contributed by atoms with Gasteiger partial charge in [-0.1, -0.05) is 0 Å². The third-order valence-corrected chi connectivity index (χ3v) is 2.00. The summed E-state index contributed by atoms with van der Waals surface area (Å²) in [5.41, 5.74) is -0.215. The van der Waals surface area contributed by atoms with E-state index in [-0.39, 0.29) is 5.70 Å². The van der Waals surface area contributed by atoms with Gasteiger partial charge in [-0.3, -0.25) is 4.79 Å². The highest BCUT2D eigenvalue weighted by Crippen LogP contribution is 2.12. The molecule has 80 valence electrons. The summed E-state index contributed by atoms with van der Waals surface area (Å²) < 4.78 is 5.79. The molecule has 0 aliphatic carbocycles. The normalized spacial score (nSPS) is 11.2. The van der Waals surface area contributed by atoms with Gasteiger partial charge in [0.05, 0.1) is 0 Å². The van der Waals surface area contributed by atoms with Crippen LogP contribution in [0.2, 0.25) is 0 Å². The molecule has 0 fully saturated rings. The van der Waals surface area contributed by atoms with E-state index in [9.17, 15) is 9.59 Å². The van der Waals surface area contributed by atoms with E-state index < -0.39 is 11.9 Å². The van der Waals surface area contributed by atoms with Crippen LogP contribution in [0.4, 0.5) is 0 Å². The molecule has 0 aliphatic rings. The number of carboxylic acids is 1. The molecule has 2 N–H and O–H groups in total. The Morgan fingerprint density at radius 3 is 2.60 bits per heavy atom. The number of aliphatic carboxylic acids is 1. The molecule has 0 aliphatic heterocycles. The van der Waals surface area contributed by atoms with Gasteiger partial charge in [-0.2, -0.15) is 0 Å². The zero-order valence-electron chi connectivity index (χ0n) is 7.78. The van der Waals surface area contributed by atoms with Crippen LogP contribution >= 0.6 is 22.6 Å². The van der Waals surface area contributed by atoms with Crippen LogP contribution in [0.5, 0.6) is 0 Å². The second-order valence-corrected chi connectivity index (χ2v) is 3.75. The quantitative estimate of drug-likeness (QED) is 0.652. The van der Waals surface area contributed by atoms with E-state index in [1.54, 1.807) is 12.1 Å². The molecule has 6 heteroatoms. The Balaban J connectivity index is 2.93. The molecule has 1 amide bonds. The predicted molar refractivity (Wildman–Crippen MR) is 60.9 cm³/mol. The van der Waals surface area contributed by atoms with Gasteiger partial charge in [0.1, 0.15) is 11.5 Å². The number of hydrogen-bond donors (Lipinski definition) is 2. The summed E-state index contributed by atoms with van der Waals surface area (Å²) in [7, 11) is 0. The predicted octanol–water partition coefficient (Wildman–Crippen LogP) is 1.45. The maximum Gasteiger partial charge on any atom is 0.352 e. The summed E-state index contributed by atoms with van der Waals surface area (Å²) in [6.45, 7) is 1.24. The van der Waals surface area contributed by atoms with Crippen LogP contribution in [0.1, 0.15) is 12.7 Å². The highest BCUT2D eigenvalue weighted by atomic mass is 127. The SMILES string of the molecule is CC(=O)N/C(=C/c1ccc(I)o1)C(=O)O. The molecule has 15 heavy (non-hydrogen) atoms. The van der Waals surface area contributed by atoms with Crippen LogP contribution in [-0.4, -0.2) is 17.0 Å². The molecule has 0 atom stereocenters. The summed E-state index contributed by atoms with van der Waals surface area (Å²) in [5, 5.41) is 11.0. The number of nitrogens with one attached hydrogen (secondary N) is 1. The molecular formula is C9H8INO4. The molecular weight excluding hydrogens is 313 g/mol. The van der Waals surface area contributed by atoms with Gasteiger partial charge < -0.3 is 14.8 Å². The minimum Gasteiger partial charge on any atom is -0.477 e. The third-order valence-electron chi connectivity index (χ3n) is 1.42. The minimum atomic E-state index is -1.21.